The number of hydrogen-bond acceptors (Lipinski definition) is 4. The highest BCUT2D eigenvalue weighted by Crippen LogP contribution is 2.23. The molecule has 0 spiro atoms. The maximum absolute atomic E-state index is 5.54. The van der Waals surface area contributed by atoms with Crippen LogP contribution in [0.1, 0.15) is 88.0 Å². The Hall–Kier alpha value is -2.84. The Morgan fingerprint density at radius 2 is 1.03 bits per heavy atom. The summed E-state index contributed by atoms with van der Waals surface area (Å²) in [7, 11) is 0. The Morgan fingerprint density at radius 3 is 1.36 bits per heavy atom. The maximum Gasteiger partial charge on any atom is 0.199 e. The fourth-order valence-electron chi connectivity index (χ4n) is 4.47. The van der Waals surface area contributed by atoms with E-state index in [1.165, 1.54) is 11.1 Å². The molecule has 4 rings (SSSR count). The zero-order valence-electron chi connectivity index (χ0n) is 21.6. The van der Waals surface area contributed by atoms with Crippen molar-refractivity contribution in [3.05, 3.63) is 80.8 Å². The smallest absolute Gasteiger partial charge is 0.199 e. The number of rotatable bonds is 11. The molecule has 2 heterocycles. The fraction of sp³-hybridized carbons (Fsp3) is 0.429. The molecule has 36 heavy (non-hydrogen) atoms. The summed E-state index contributed by atoms with van der Waals surface area (Å²) in [6.07, 6.45) is 5.85. The van der Waals surface area contributed by atoms with Crippen molar-refractivity contribution in [3.8, 4) is 11.4 Å². The summed E-state index contributed by atoms with van der Waals surface area (Å²) >= 11 is 11.1. The Labute approximate surface area is 223 Å². The van der Waals surface area contributed by atoms with Crippen LogP contribution in [0, 0.1) is 9.54 Å². The van der Waals surface area contributed by atoms with Gasteiger partial charge in [-0.2, -0.15) is 10.2 Å². The summed E-state index contributed by atoms with van der Waals surface area (Å²) in [4.78, 5) is 0. The first kappa shape index (κ1) is 26.2. The van der Waals surface area contributed by atoms with E-state index < -0.39 is 0 Å². The van der Waals surface area contributed by atoms with Gasteiger partial charge in [-0.25, -0.2) is 0 Å². The molecule has 2 atom stereocenters. The van der Waals surface area contributed by atoms with Crippen molar-refractivity contribution < 1.29 is 0 Å². The van der Waals surface area contributed by atoms with Gasteiger partial charge >= 0.3 is 0 Å². The largest absolute Gasteiger partial charge is 0.272 e. The van der Waals surface area contributed by atoms with Crippen LogP contribution < -0.4 is 0 Å². The lowest BCUT2D eigenvalue weighted by Crippen LogP contribution is -2.05. The van der Waals surface area contributed by atoms with E-state index in [4.69, 9.17) is 24.4 Å². The number of nitrogens with one attached hydrogen (secondary N) is 2. The molecule has 8 heteroatoms. The monoisotopic (exact) mass is 520 g/mol. The van der Waals surface area contributed by atoms with Crippen molar-refractivity contribution in [1.82, 2.24) is 29.5 Å². The number of unbranched alkanes of at least 4 members (excludes halogenated alkanes) is 1. The fourth-order valence-corrected chi connectivity index (χ4v) is 4.98. The zero-order chi connectivity index (χ0) is 25.7. The summed E-state index contributed by atoms with van der Waals surface area (Å²) in [5, 5.41) is 15.0. The molecule has 6 nitrogen and oxygen atoms in total. The Balaban J connectivity index is 1.41. The summed E-state index contributed by atoms with van der Waals surface area (Å²) < 4.78 is 5.35. The molecule has 2 aromatic carbocycles. The number of aromatic nitrogens is 6. The van der Waals surface area contributed by atoms with Crippen LogP contribution in [0.5, 0.6) is 0 Å². The number of aromatic amines is 2. The van der Waals surface area contributed by atoms with Gasteiger partial charge in [-0.3, -0.25) is 19.3 Å². The van der Waals surface area contributed by atoms with E-state index in [1.807, 2.05) is 9.13 Å². The van der Waals surface area contributed by atoms with Crippen LogP contribution in [0.2, 0.25) is 0 Å². The first-order valence-electron chi connectivity index (χ1n) is 13.0. The van der Waals surface area contributed by atoms with E-state index in [-0.39, 0.29) is 0 Å². The third-order valence-corrected chi connectivity index (χ3v) is 7.75. The van der Waals surface area contributed by atoms with E-state index in [2.05, 4.69) is 96.6 Å². The number of hydrogen-bond donors (Lipinski definition) is 2. The average molecular weight is 521 g/mol. The van der Waals surface area contributed by atoms with Crippen molar-refractivity contribution in [2.45, 2.75) is 78.1 Å². The van der Waals surface area contributed by atoms with Gasteiger partial charge in [0.1, 0.15) is 11.6 Å². The highest BCUT2D eigenvalue weighted by molar-refractivity contribution is 7.71. The van der Waals surface area contributed by atoms with Crippen LogP contribution >= 0.6 is 24.4 Å². The first-order chi connectivity index (χ1) is 17.4. The second-order valence-corrected chi connectivity index (χ2v) is 10.3. The minimum Gasteiger partial charge on any atom is -0.272 e. The molecule has 0 unspecified atom stereocenters. The van der Waals surface area contributed by atoms with Gasteiger partial charge in [-0.1, -0.05) is 52.0 Å². The van der Waals surface area contributed by atoms with Crippen molar-refractivity contribution in [1.29, 1.82) is 0 Å². The van der Waals surface area contributed by atoms with Crippen LogP contribution in [0.3, 0.4) is 0 Å². The molecular formula is C28H36N6S2. The molecule has 0 aliphatic carbocycles. The minimum absolute atomic E-state index is 0.550. The van der Waals surface area contributed by atoms with Crippen LogP contribution in [0.15, 0.2) is 48.5 Å². The zero-order valence-corrected chi connectivity index (χ0v) is 23.3. The summed E-state index contributed by atoms with van der Waals surface area (Å²) in [6.45, 7) is 8.94. The lowest BCUT2D eigenvalue weighted by molar-refractivity contribution is 0.669. The molecule has 0 aliphatic rings. The third kappa shape index (κ3) is 5.76. The molecule has 2 N–H and O–H groups in total. The lowest BCUT2D eigenvalue weighted by Gasteiger charge is -2.12. The van der Waals surface area contributed by atoms with Crippen LogP contribution in [0.25, 0.3) is 11.4 Å². The van der Waals surface area contributed by atoms with Gasteiger partial charge in [0.2, 0.25) is 0 Å². The number of H-pyrrole nitrogens is 2. The summed E-state index contributed by atoms with van der Waals surface area (Å²) in [5.41, 5.74) is 4.80. The highest BCUT2D eigenvalue weighted by atomic mass is 32.1. The van der Waals surface area contributed by atoms with E-state index in [9.17, 15) is 0 Å². The van der Waals surface area contributed by atoms with Gasteiger partial charge in [0.05, 0.1) is 0 Å². The third-order valence-electron chi connectivity index (χ3n) is 7.20. The molecule has 4 aromatic rings. The average Bonchev–Trinajstić information content (AvgIpc) is 3.47. The summed E-state index contributed by atoms with van der Waals surface area (Å²) in [5.74, 6) is 3.01. The highest BCUT2D eigenvalue weighted by Gasteiger charge is 2.12. The second kappa shape index (κ2) is 11.9. The van der Waals surface area contributed by atoms with Gasteiger partial charge in [0.25, 0.3) is 0 Å². The first-order valence-corrected chi connectivity index (χ1v) is 13.8. The Morgan fingerprint density at radius 1 is 0.667 bits per heavy atom. The van der Waals surface area contributed by atoms with Gasteiger partial charge in [0, 0.05) is 24.2 Å². The molecule has 0 radical (unpaired) electrons. The molecule has 0 fully saturated rings. The van der Waals surface area contributed by atoms with Crippen LogP contribution in [-0.4, -0.2) is 29.5 Å². The van der Waals surface area contributed by atoms with Gasteiger partial charge in [-0.05, 0) is 97.3 Å². The minimum atomic E-state index is 0.550. The predicted octanol–water partition coefficient (Wildman–Crippen LogP) is 7.77. The number of nitrogens with zero attached hydrogens (tertiary/aromatic N) is 4. The van der Waals surface area contributed by atoms with E-state index >= 15 is 0 Å². The van der Waals surface area contributed by atoms with Crippen molar-refractivity contribution in [2.75, 3.05) is 0 Å². The maximum atomic E-state index is 5.54. The molecule has 0 saturated carbocycles. The quantitative estimate of drug-likeness (QED) is 0.157. The summed E-state index contributed by atoms with van der Waals surface area (Å²) in [6, 6.07) is 17.3. The number of benzene rings is 2. The van der Waals surface area contributed by atoms with Crippen LogP contribution in [0.4, 0.5) is 0 Å². The lowest BCUT2D eigenvalue weighted by atomic mass is 9.98. The topological polar surface area (TPSA) is 67.2 Å². The molecule has 0 amide bonds. The SMILES string of the molecule is CC[C@H](C)c1ccc(-n2c(CCCCc3n[nH]c(=S)n3-c3ccc([C@@H](C)CC)cc3)n[nH]c2=S)cc1. The van der Waals surface area contributed by atoms with Crippen molar-refractivity contribution in [2.24, 2.45) is 0 Å². The number of aryl methyl sites for hydroxylation is 2. The predicted molar refractivity (Wildman–Crippen MR) is 152 cm³/mol. The second-order valence-electron chi connectivity index (χ2n) is 9.57. The standard InChI is InChI=1S/C28H36N6S2/c1-5-19(3)21-11-15-23(16-12-21)33-25(29-31-27(33)35)9-7-8-10-26-30-32-28(36)34(26)24-17-13-22(14-18-24)20(4)6-2/h11-20H,5-10H2,1-4H3,(H,31,35)(H,32,36)/t19-,20-/m0/s1. The van der Waals surface area contributed by atoms with E-state index in [0.717, 1.165) is 61.5 Å². The molecule has 0 saturated heterocycles. The molecule has 2 aromatic heterocycles. The Bertz CT molecular complexity index is 1270. The van der Waals surface area contributed by atoms with Gasteiger partial charge in [-0.15, -0.1) is 0 Å². The molecule has 190 valence electrons. The molecular weight excluding hydrogens is 484 g/mol. The van der Waals surface area contributed by atoms with E-state index in [1.54, 1.807) is 0 Å². The van der Waals surface area contributed by atoms with Crippen molar-refractivity contribution in [3.63, 3.8) is 0 Å². The van der Waals surface area contributed by atoms with Crippen molar-refractivity contribution >= 4 is 24.4 Å². The molecule has 0 bridgehead atoms. The van der Waals surface area contributed by atoms with Gasteiger partial charge < -0.3 is 0 Å². The molecule has 0 aliphatic heterocycles. The Kier molecular flexibility index (Phi) is 8.69. The van der Waals surface area contributed by atoms with Crippen LogP contribution in [-0.2, 0) is 12.8 Å². The normalized spacial score (nSPS) is 13.1. The van der Waals surface area contributed by atoms with E-state index in [0.29, 0.717) is 21.4 Å². The van der Waals surface area contributed by atoms with Gasteiger partial charge in [0.15, 0.2) is 9.54 Å².